The van der Waals surface area contributed by atoms with Gasteiger partial charge in [0.15, 0.2) is 0 Å². The van der Waals surface area contributed by atoms with E-state index >= 15 is 0 Å². The third kappa shape index (κ3) is 8.37. The largest absolute Gasteiger partial charge is 0.463 e. The molecule has 0 saturated carbocycles. The molecule has 22 heavy (non-hydrogen) atoms. The van der Waals surface area contributed by atoms with Crippen molar-refractivity contribution in [2.45, 2.75) is 44.3 Å². The van der Waals surface area contributed by atoms with Crippen LogP contribution in [-0.4, -0.2) is 36.1 Å². The first-order valence-electron chi connectivity index (χ1n) is 7.78. The smallest absolute Gasteiger partial charge is 0.293 e. The number of nitrogens with one attached hydrogen (secondary N) is 1. The van der Waals surface area contributed by atoms with Crippen LogP contribution in [0.4, 0.5) is 0 Å². The van der Waals surface area contributed by atoms with E-state index in [1.807, 2.05) is 30.3 Å². The zero-order chi connectivity index (χ0) is 16.1. The second-order valence-electron chi connectivity index (χ2n) is 5.51. The van der Waals surface area contributed by atoms with Gasteiger partial charge in [0.25, 0.3) is 6.47 Å². The van der Waals surface area contributed by atoms with Crippen LogP contribution in [0.5, 0.6) is 0 Å². The summed E-state index contributed by atoms with van der Waals surface area (Å²) in [6, 6.07) is 9.55. The predicted molar refractivity (Wildman–Crippen MR) is 88.9 cm³/mol. The molecular formula is C17H26ClNO3. The van der Waals surface area contributed by atoms with Crippen LogP contribution < -0.4 is 5.32 Å². The molecule has 0 amide bonds. The van der Waals surface area contributed by atoms with Crippen LogP contribution >= 0.6 is 11.6 Å². The van der Waals surface area contributed by atoms with E-state index in [1.54, 1.807) is 0 Å². The number of aliphatic hydroxyl groups is 1. The van der Waals surface area contributed by atoms with E-state index in [4.69, 9.17) is 11.6 Å². The van der Waals surface area contributed by atoms with Gasteiger partial charge in [-0.15, -0.1) is 11.6 Å². The maximum absolute atomic E-state index is 10.0. The van der Waals surface area contributed by atoms with Crippen molar-refractivity contribution in [2.75, 3.05) is 19.0 Å². The van der Waals surface area contributed by atoms with E-state index in [-0.39, 0.29) is 0 Å². The maximum Gasteiger partial charge on any atom is 0.293 e. The quantitative estimate of drug-likeness (QED) is 0.459. The summed E-state index contributed by atoms with van der Waals surface area (Å²) in [6.45, 7) is 2.73. The van der Waals surface area contributed by atoms with Crippen LogP contribution in [-0.2, 0) is 16.1 Å². The molecule has 1 aliphatic heterocycles. The Morgan fingerprint density at radius 1 is 1.23 bits per heavy atom. The zero-order valence-electron chi connectivity index (χ0n) is 13.0. The summed E-state index contributed by atoms with van der Waals surface area (Å²) < 4.78 is 4.54. The number of carbonyl (C=O) groups is 1. The van der Waals surface area contributed by atoms with Crippen LogP contribution in [0.1, 0.15) is 37.7 Å². The van der Waals surface area contributed by atoms with Gasteiger partial charge < -0.3 is 15.2 Å². The van der Waals surface area contributed by atoms with E-state index in [0.717, 1.165) is 50.8 Å². The Kier molecular flexibility index (Phi) is 9.87. The second-order valence-corrected chi connectivity index (χ2v) is 5.89. The van der Waals surface area contributed by atoms with E-state index < -0.39 is 5.60 Å². The highest BCUT2D eigenvalue weighted by Gasteiger charge is 2.27. The third-order valence-electron chi connectivity index (χ3n) is 3.72. The topological polar surface area (TPSA) is 58.6 Å². The molecule has 1 fully saturated rings. The van der Waals surface area contributed by atoms with E-state index in [1.165, 1.54) is 0 Å². The normalized spacial score (nSPS) is 16.3. The third-order valence-corrected chi connectivity index (χ3v) is 3.99. The highest BCUT2D eigenvalue weighted by molar-refractivity contribution is 6.17. The van der Waals surface area contributed by atoms with Gasteiger partial charge in [0, 0.05) is 5.88 Å². The Labute approximate surface area is 137 Å². The molecule has 0 aromatic heterocycles. The molecule has 0 bridgehead atoms. The maximum atomic E-state index is 10.0. The number of benzene rings is 1. The summed E-state index contributed by atoms with van der Waals surface area (Å²) in [6.07, 6.45) is 4.79. The number of halogens is 1. The van der Waals surface area contributed by atoms with Gasteiger partial charge in [-0.3, -0.25) is 4.79 Å². The molecule has 2 N–H and O–H groups in total. The molecule has 5 heteroatoms. The summed E-state index contributed by atoms with van der Waals surface area (Å²) in [5, 5.41) is 13.3. The number of unbranched alkanes of at least 4 members (excludes halogenated alkanes) is 1. The molecule has 1 aromatic carbocycles. The van der Waals surface area contributed by atoms with Crippen molar-refractivity contribution in [2.24, 2.45) is 0 Å². The van der Waals surface area contributed by atoms with E-state index in [2.05, 4.69) is 10.1 Å². The van der Waals surface area contributed by atoms with Gasteiger partial charge in [0.2, 0.25) is 0 Å². The van der Waals surface area contributed by atoms with Crippen LogP contribution in [0, 0.1) is 0 Å². The van der Waals surface area contributed by atoms with Crippen LogP contribution in [0.2, 0.25) is 0 Å². The zero-order valence-corrected chi connectivity index (χ0v) is 13.7. The average Bonchev–Trinajstić information content (AvgIpc) is 2.55. The minimum absolute atomic E-state index is 0.365. The fraction of sp³-hybridized carbons (Fsp3) is 0.588. The van der Waals surface area contributed by atoms with Gasteiger partial charge in [-0.25, -0.2) is 0 Å². The molecule has 1 saturated heterocycles. The van der Waals surface area contributed by atoms with Crippen molar-refractivity contribution in [3.63, 3.8) is 0 Å². The van der Waals surface area contributed by atoms with Crippen molar-refractivity contribution >= 4 is 18.1 Å². The Hall–Kier alpha value is -1.10. The monoisotopic (exact) mass is 327 g/mol. The predicted octanol–water partition coefficient (Wildman–Crippen LogP) is 2.87. The number of ether oxygens (including phenoxy) is 1. The summed E-state index contributed by atoms with van der Waals surface area (Å²) in [7, 11) is 0. The van der Waals surface area contributed by atoms with Crippen LogP contribution in [0.25, 0.3) is 0 Å². The first-order valence-corrected chi connectivity index (χ1v) is 8.32. The highest BCUT2D eigenvalue weighted by atomic mass is 35.5. The van der Waals surface area contributed by atoms with Gasteiger partial charge >= 0.3 is 0 Å². The highest BCUT2D eigenvalue weighted by Crippen LogP contribution is 2.24. The Morgan fingerprint density at radius 2 is 1.91 bits per heavy atom. The number of alkyl halides is 1. The second kappa shape index (κ2) is 11.5. The lowest BCUT2D eigenvalue weighted by Crippen LogP contribution is -2.41. The molecule has 1 aliphatic rings. The minimum Gasteiger partial charge on any atom is -0.463 e. The Bertz CT molecular complexity index is 394. The number of hydrogen-bond donors (Lipinski definition) is 2. The first kappa shape index (κ1) is 18.9. The lowest BCUT2D eigenvalue weighted by molar-refractivity contribution is -0.129. The van der Waals surface area contributed by atoms with Gasteiger partial charge in [-0.2, -0.15) is 0 Å². The minimum atomic E-state index is -0.392. The number of piperidine rings is 1. The summed E-state index contributed by atoms with van der Waals surface area (Å²) in [5.41, 5.74) is 0.617. The first-order chi connectivity index (χ1) is 10.7. The molecule has 124 valence electrons. The average molecular weight is 328 g/mol. The lowest BCUT2D eigenvalue weighted by atomic mass is 9.87. The molecule has 1 heterocycles. The molecular weight excluding hydrogens is 302 g/mol. The van der Waals surface area contributed by atoms with Gasteiger partial charge in [0.05, 0.1) is 5.60 Å². The number of carbonyl (C=O) groups excluding carboxylic acids is 1. The van der Waals surface area contributed by atoms with Crippen molar-refractivity contribution in [1.29, 1.82) is 0 Å². The summed E-state index contributed by atoms with van der Waals surface area (Å²) in [4.78, 5) is 9.76. The van der Waals surface area contributed by atoms with Crippen molar-refractivity contribution in [3.8, 4) is 0 Å². The van der Waals surface area contributed by atoms with Crippen molar-refractivity contribution in [3.05, 3.63) is 35.9 Å². The lowest BCUT2D eigenvalue weighted by Gasteiger charge is -2.32. The SMILES string of the molecule is O=COCc1ccccc1.OC1(CCCCCl)CCNCC1. The molecule has 0 radical (unpaired) electrons. The van der Waals surface area contributed by atoms with Crippen molar-refractivity contribution in [1.82, 2.24) is 5.32 Å². The molecule has 4 nitrogen and oxygen atoms in total. The molecule has 0 aliphatic carbocycles. The summed E-state index contributed by atoms with van der Waals surface area (Å²) >= 11 is 5.57. The van der Waals surface area contributed by atoms with Crippen LogP contribution in [0.15, 0.2) is 30.3 Å². The molecule has 0 unspecified atom stereocenters. The molecule has 0 spiro atoms. The van der Waals surface area contributed by atoms with Gasteiger partial charge in [0.1, 0.15) is 6.61 Å². The van der Waals surface area contributed by atoms with Gasteiger partial charge in [-0.1, -0.05) is 30.3 Å². The summed E-state index contributed by atoms with van der Waals surface area (Å²) in [5.74, 6) is 0.717. The van der Waals surface area contributed by atoms with E-state index in [0.29, 0.717) is 19.0 Å². The Morgan fingerprint density at radius 3 is 2.50 bits per heavy atom. The molecule has 1 aromatic rings. The number of rotatable bonds is 7. The van der Waals surface area contributed by atoms with Crippen LogP contribution in [0.3, 0.4) is 0 Å². The molecule has 0 atom stereocenters. The van der Waals surface area contributed by atoms with Crippen molar-refractivity contribution < 1.29 is 14.6 Å². The fourth-order valence-electron chi connectivity index (χ4n) is 2.40. The molecule has 2 rings (SSSR count). The number of hydrogen-bond acceptors (Lipinski definition) is 4. The Balaban J connectivity index is 0.000000224. The standard InChI is InChI=1S/C9H18ClNO.C8H8O2/c10-6-2-1-3-9(12)4-7-11-8-5-9;9-7-10-6-8-4-2-1-3-5-8/h11-12H,1-8H2;1-5,7H,6H2. The van der Waals surface area contributed by atoms with E-state index in [9.17, 15) is 9.90 Å². The van der Waals surface area contributed by atoms with Gasteiger partial charge in [-0.05, 0) is 50.8 Å². The fourth-order valence-corrected chi connectivity index (χ4v) is 2.58.